The number of anilines is 1. The molecule has 142 valence electrons. The van der Waals surface area contributed by atoms with Gasteiger partial charge >= 0.3 is 5.97 Å². The number of hydrogen-bond acceptors (Lipinski definition) is 5. The molecule has 26 heavy (non-hydrogen) atoms. The Morgan fingerprint density at radius 2 is 2.00 bits per heavy atom. The number of carboxylic acids is 1. The van der Waals surface area contributed by atoms with Gasteiger partial charge in [0.05, 0.1) is 10.8 Å². The van der Waals surface area contributed by atoms with Crippen LogP contribution in [0.25, 0.3) is 0 Å². The number of carboxylic acid groups (broad SMARTS) is 1. The van der Waals surface area contributed by atoms with Crippen LogP contribution in [0, 0.1) is 11.8 Å². The highest BCUT2D eigenvalue weighted by atomic mass is 32.2. The lowest BCUT2D eigenvalue weighted by molar-refractivity contribution is -0.143. The van der Waals surface area contributed by atoms with Crippen molar-refractivity contribution < 1.29 is 27.9 Å². The quantitative estimate of drug-likeness (QED) is 0.626. The summed E-state index contributed by atoms with van der Waals surface area (Å²) in [6.07, 6.45) is -0.0874. The van der Waals surface area contributed by atoms with Crippen LogP contribution in [0.1, 0.15) is 20.3 Å². The number of aliphatic carboxylic acids is 1. The number of hydrogen-bond donors (Lipinski definition) is 3. The standard InChI is InChI=1S/C16H21N3O6S/c1-9(2)14(16(22)23)18-15(21)10-6-13(20)19(8-10)11-4-3-5-12(7-11)26(17,24)25/h3-5,7,9-10,14H,6,8H2,1-2H3,(H,18,21)(H,22,23)(H2,17,24,25)/t10?,14-/m0/s1. The average molecular weight is 383 g/mol. The van der Waals surface area contributed by atoms with E-state index in [1.54, 1.807) is 19.9 Å². The molecule has 2 amide bonds. The molecule has 1 aliphatic rings. The molecule has 1 aromatic carbocycles. The van der Waals surface area contributed by atoms with E-state index in [1.165, 1.54) is 23.1 Å². The zero-order chi connectivity index (χ0) is 19.6. The summed E-state index contributed by atoms with van der Waals surface area (Å²) in [6.45, 7) is 3.37. The highest BCUT2D eigenvalue weighted by Gasteiger charge is 2.37. The maximum Gasteiger partial charge on any atom is 0.326 e. The molecule has 0 aliphatic carbocycles. The monoisotopic (exact) mass is 383 g/mol. The van der Waals surface area contributed by atoms with E-state index in [9.17, 15) is 22.8 Å². The van der Waals surface area contributed by atoms with Crippen molar-refractivity contribution >= 4 is 33.5 Å². The number of primary sulfonamides is 1. The summed E-state index contributed by atoms with van der Waals surface area (Å²) in [5.41, 5.74) is 0.315. The second-order valence-corrected chi connectivity index (χ2v) is 8.08. The van der Waals surface area contributed by atoms with Crippen LogP contribution in [0.2, 0.25) is 0 Å². The van der Waals surface area contributed by atoms with Crippen LogP contribution in [0.3, 0.4) is 0 Å². The minimum absolute atomic E-state index is 0.0309. The zero-order valence-corrected chi connectivity index (χ0v) is 15.2. The summed E-state index contributed by atoms with van der Waals surface area (Å²) < 4.78 is 22.9. The molecule has 10 heteroatoms. The summed E-state index contributed by atoms with van der Waals surface area (Å²) in [5, 5.41) is 16.7. The summed E-state index contributed by atoms with van der Waals surface area (Å²) in [7, 11) is -3.92. The van der Waals surface area contributed by atoms with E-state index in [2.05, 4.69) is 5.32 Å². The van der Waals surface area contributed by atoms with E-state index < -0.39 is 33.9 Å². The molecular formula is C16H21N3O6S. The third-order valence-corrected chi connectivity index (χ3v) is 5.10. The Hall–Kier alpha value is -2.46. The largest absolute Gasteiger partial charge is 0.480 e. The zero-order valence-electron chi connectivity index (χ0n) is 14.4. The van der Waals surface area contributed by atoms with Gasteiger partial charge in [-0.05, 0) is 24.1 Å². The second kappa shape index (κ2) is 7.42. The first-order chi connectivity index (χ1) is 12.0. The van der Waals surface area contributed by atoms with E-state index in [0.29, 0.717) is 5.69 Å². The first kappa shape index (κ1) is 19.9. The molecule has 2 rings (SSSR count). The lowest BCUT2D eigenvalue weighted by Crippen LogP contribution is -2.47. The van der Waals surface area contributed by atoms with E-state index in [1.807, 2.05) is 0 Å². The Labute approximate surface area is 151 Å². The van der Waals surface area contributed by atoms with Crippen LogP contribution >= 0.6 is 0 Å². The highest BCUT2D eigenvalue weighted by Crippen LogP contribution is 2.27. The van der Waals surface area contributed by atoms with Gasteiger partial charge in [-0.1, -0.05) is 19.9 Å². The van der Waals surface area contributed by atoms with Crippen LogP contribution in [-0.4, -0.2) is 43.9 Å². The van der Waals surface area contributed by atoms with Gasteiger partial charge in [-0.15, -0.1) is 0 Å². The van der Waals surface area contributed by atoms with Crippen LogP contribution in [0.4, 0.5) is 5.69 Å². The lowest BCUT2D eigenvalue weighted by atomic mass is 10.0. The van der Waals surface area contributed by atoms with Crippen molar-refractivity contribution in [3.05, 3.63) is 24.3 Å². The average Bonchev–Trinajstić information content (AvgIpc) is 2.93. The topological polar surface area (TPSA) is 147 Å². The maximum atomic E-state index is 12.3. The molecule has 0 saturated carbocycles. The van der Waals surface area contributed by atoms with Crippen molar-refractivity contribution in [2.45, 2.75) is 31.2 Å². The van der Waals surface area contributed by atoms with Crippen LogP contribution in [0.5, 0.6) is 0 Å². The third kappa shape index (κ3) is 4.38. The molecule has 0 bridgehead atoms. The molecule has 1 aliphatic heterocycles. The number of nitrogens with zero attached hydrogens (tertiary/aromatic N) is 1. The van der Waals surface area contributed by atoms with E-state index in [4.69, 9.17) is 10.2 Å². The van der Waals surface area contributed by atoms with Crippen molar-refractivity contribution in [1.82, 2.24) is 5.32 Å². The normalized spacial score (nSPS) is 18.8. The van der Waals surface area contributed by atoms with Gasteiger partial charge in [-0.25, -0.2) is 18.4 Å². The van der Waals surface area contributed by atoms with Gasteiger partial charge in [0, 0.05) is 18.7 Å². The van der Waals surface area contributed by atoms with Crippen LogP contribution in [0.15, 0.2) is 29.2 Å². The molecule has 0 radical (unpaired) electrons. The number of nitrogens with two attached hydrogens (primary N) is 1. The molecule has 1 saturated heterocycles. The smallest absolute Gasteiger partial charge is 0.326 e. The lowest BCUT2D eigenvalue weighted by Gasteiger charge is -2.21. The van der Waals surface area contributed by atoms with Gasteiger partial charge in [-0.2, -0.15) is 0 Å². The van der Waals surface area contributed by atoms with Gasteiger partial charge in [0.1, 0.15) is 6.04 Å². The van der Waals surface area contributed by atoms with Gasteiger partial charge in [0.2, 0.25) is 21.8 Å². The molecular weight excluding hydrogens is 362 g/mol. The van der Waals surface area contributed by atoms with E-state index in [0.717, 1.165) is 0 Å². The minimum atomic E-state index is -3.92. The summed E-state index contributed by atoms with van der Waals surface area (Å²) >= 11 is 0. The van der Waals surface area contributed by atoms with Gasteiger partial charge in [0.25, 0.3) is 0 Å². The molecule has 0 spiro atoms. The molecule has 9 nitrogen and oxygen atoms in total. The Bertz CT molecular complexity index is 836. The number of amides is 2. The Kier molecular flexibility index (Phi) is 5.67. The Morgan fingerprint density at radius 3 is 2.54 bits per heavy atom. The van der Waals surface area contributed by atoms with Crippen molar-refractivity contribution in [1.29, 1.82) is 0 Å². The second-order valence-electron chi connectivity index (χ2n) is 6.52. The third-order valence-electron chi connectivity index (χ3n) is 4.18. The Morgan fingerprint density at radius 1 is 1.35 bits per heavy atom. The van der Waals surface area contributed by atoms with Gasteiger partial charge in [0.15, 0.2) is 0 Å². The molecule has 1 heterocycles. The minimum Gasteiger partial charge on any atom is -0.480 e. The summed E-state index contributed by atoms with van der Waals surface area (Å²) in [6, 6.07) is 4.53. The van der Waals surface area contributed by atoms with E-state index >= 15 is 0 Å². The molecule has 1 aromatic rings. The van der Waals surface area contributed by atoms with Crippen LogP contribution in [-0.2, 0) is 24.4 Å². The number of benzene rings is 1. The molecule has 4 N–H and O–H groups in total. The predicted molar refractivity (Wildman–Crippen MR) is 92.7 cm³/mol. The fourth-order valence-electron chi connectivity index (χ4n) is 2.75. The number of nitrogens with one attached hydrogen (secondary N) is 1. The van der Waals surface area contributed by atoms with Crippen molar-refractivity contribution in [3.8, 4) is 0 Å². The first-order valence-electron chi connectivity index (χ1n) is 7.97. The molecule has 0 aromatic heterocycles. The van der Waals surface area contributed by atoms with Gasteiger partial charge < -0.3 is 15.3 Å². The first-order valence-corrected chi connectivity index (χ1v) is 9.51. The fraction of sp³-hybridized carbons (Fsp3) is 0.438. The molecule has 1 unspecified atom stereocenters. The predicted octanol–water partition coefficient (Wildman–Crippen LogP) is -0.0877. The van der Waals surface area contributed by atoms with Crippen molar-refractivity contribution in [2.24, 2.45) is 17.0 Å². The van der Waals surface area contributed by atoms with Crippen molar-refractivity contribution in [2.75, 3.05) is 11.4 Å². The maximum absolute atomic E-state index is 12.3. The highest BCUT2D eigenvalue weighted by molar-refractivity contribution is 7.89. The van der Waals surface area contributed by atoms with E-state index in [-0.39, 0.29) is 29.7 Å². The van der Waals surface area contributed by atoms with Crippen LogP contribution < -0.4 is 15.4 Å². The number of rotatable bonds is 6. The number of carbonyl (C=O) groups excluding carboxylic acids is 2. The Balaban J connectivity index is 2.16. The SMILES string of the molecule is CC(C)[C@H](NC(=O)C1CC(=O)N(c2cccc(S(N)(=O)=O)c2)C1)C(=O)O. The number of carbonyl (C=O) groups is 3. The number of sulfonamides is 1. The summed E-state index contributed by atoms with van der Waals surface area (Å²) in [5.74, 6) is -3.05. The molecule has 2 atom stereocenters. The molecule has 1 fully saturated rings. The van der Waals surface area contributed by atoms with Crippen molar-refractivity contribution in [3.63, 3.8) is 0 Å². The van der Waals surface area contributed by atoms with Gasteiger partial charge in [-0.3, -0.25) is 9.59 Å². The summed E-state index contributed by atoms with van der Waals surface area (Å²) in [4.78, 5) is 37.0. The fourth-order valence-corrected chi connectivity index (χ4v) is 3.30.